The maximum absolute atomic E-state index is 12.5. The molecule has 1 saturated heterocycles. The Bertz CT molecular complexity index is 924. The monoisotopic (exact) mass is 308 g/mol. The first-order valence-corrected chi connectivity index (χ1v) is 8.22. The third-order valence-electron chi connectivity index (χ3n) is 4.81. The fourth-order valence-electron chi connectivity index (χ4n) is 3.55. The van der Waals surface area contributed by atoms with E-state index < -0.39 is 0 Å². The van der Waals surface area contributed by atoms with E-state index in [1.165, 1.54) is 6.42 Å². The number of hydrogen-bond acceptors (Lipinski definition) is 3. The van der Waals surface area contributed by atoms with Crippen molar-refractivity contribution in [1.29, 1.82) is 0 Å². The standard InChI is InChI=1S/C19H20N2O2/c22-18-15-9-8-13-6-2-3-7-14(13)17(15)20-19(23)16(18)12-21-10-4-1-5-11-21/h2-3,6-9H,1,4-5,10-12H2,(H2,20,22,23). The van der Waals surface area contributed by atoms with Gasteiger partial charge in [0.05, 0.1) is 11.1 Å². The first-order valence-electron chi connectivity index (χ1n) is 8.22. The number of pyridine rings is 1. The number of nitrogens with zero attached hydrogens (tertiary/aromatic N) is 1. The molecule has 0 amide bonds. The summed E-state index contributed by atoms with van der Waals surface area (Å²) in [5.41, 5.74) is 1.01. The van der Waals surface area contributed by atoms with Crippen molar-refractivity contribution in [3.05, 3.63) is 52.3 Å². The predicted octanol–water partition coefficient (Wildman–Crippen LogP) is 3.37. The quantitative estimate of drug-likeness (QED) is 0.714. The zero-order chi connectivity index (χ0) is 15.8. The van der Waals surface area contributed by atoms with Gasteiger partial charge in [-0.25, -0.2) is 0 Å². The number of H-pyrrole nitrogens is 1. The molecule has 2 heterocycles. The van der Waals surface area contributed by atoms with Gasteiger partial charge in [-0.05, 0) is 37.4 Å². The maximum Gasteiger partial charge on any atom is 0.256 e. The van der Waals surface area contributed by atoms with E-state index >= 15 is 0 Å². The van der Waals surface area contributed by atoms with Crippen LogP contribution in [0.4, 0.5) is 0 Å². The van der Waals surface area contributed by atoms with Gasteiger partial charge in [-0.3, -0.25) is 9.69 Å². The lowest BCUT2D eigenvalue weighted by atomic mass is 10.0. The van der Waals surface area contributed by atoms with Crippen molar-refractivity contribution >= 4 is 21.7 Å². The number of nitrogens with one attached hydrogen (secondary N) is 1. The van der Waals surface area contributed by atoms with Crippen molar-refractivity contribution < 1.29 is 5.11 Å². The molecule has 1 aliphatic rings. The van der Waals surface area contributed by atoms with Gasteiger partial charge in [-0.15, -0.1) is 0 Å². The highest BCUT2D eigenvalue weighted by molar-refractivity contribution is 6.07. The minimum absolute atomic E-state index is 0.125. The summed E-state index contributed by atoms with van der Waals surface area (Å²) in [5.74, 6) is 0.125. The van der Waals surface area contributed by atoms with Gasteiger partial charge in [-0.2, -0.15) is 0 Å². The molecule has 2 aromatic carbocycles. The van der Waals surface area contributed by atoms with Crippen LogP contribution in [0.15, 0.2) is 41.2 Å². The van der Waals surface area contributed by atoms with Crippen LogP contribution < -0.4 is 5.56 Å². The summed E-state index contributed by atoms with van der Waals surface area (Å²) in [7, 11) is 0. The van der Waals surface area contributed by atoms with E-state index in [1.54, 1.807) is 0 Å². The van der Waals surface area contributed by atoms with Crippen LogP contribution in [0.2, 0.25) is 0 Å². The number of rotatable bonds is 2. The van der Waals surface area contributed by atoms with E-state index in [-0.39, 0.29) is 11.3 Å². The first-order chi connectivity index (χ1) is 11.2. The average molecular weight is 308 g/mol. The Kier molecular flexibility index (Phi) is 3.54. The van der Waals surface area contributed by atoms with Gasteiger partial charge in [0.15, 0.2) is 0 Å². The van der Waals surface area contributed by atoms with Crippen molar-refractivity contribution in [3.63, 3.8) is 0 Å². The van der Waals surface area contributed by atoms with Crippen LogP contribution in [0.25, 0.3) is 21.7 Å². The van der Waals surface area contributed by atoms with Crippen molar-refractivity contribution in [3.8, 4) is 5.75 Å². The smallest absolute Gasteiger partial charge is 0.256 e. The molecule has 0 saturated carbocycles. The molecule has 3 aromatic rings. The third kappa shape index (κ3) is 2.49. The second-order valence-corrected chi connectivity index (χ2v) is 6.33. The summed E-state index contributed by atoms with van der Waals surface area (Å²) >= 11 is 0. The topological polar surface area (TPSA) is 56.3 Å². The number of aromatic hydroxyl groups is 1. The molecule has 1 fully saturated rings. The SMILES string of the molecule is O=c1[nH]c2c(ccc3ccccc32)c(O)c1CN1CCCCC1. The molecule has 0 spiro atoms. The average Bonchev–Trinajstić information content (AvgIpc) is 2.59. The molecule has 0 unspecified atom stereocenters. The second kappa shape index (κ2) is 5.70. The van der Waals surface area contributed by atoms with E-state index in [9.17, 15) is 9.90 Å². The Hall–Kier alpha value is -2.33. The lowest BCUT2D eigenvalue weighted by Crippen LogP contribution is -2.31. The summed E-state index contributed by atoms with van der Waals surface area (Å²) < 4.78 is 0. The van der Waals surface area contributed by atoms with E-state index in [4.69, 9.17) is 0 Å². The van der Waals surface area contributed by atoms with Crippen LogP contribution in [-0.4, -0.2) is 28.1 Å². The summed E-state index contributed by atoms with van der Waals surface area (Å²) in [6, 6.07) is 11.8. The minimum atomic E-state index is -0.183. The normalized spacial score (nSPS) is 16.2. The van der Waals surface area contributed by atoms with Gasteiger partial charge >= 0.3 is 0 Å². The molecule has 2 N–H and O–H groups in total. The van der Waals surface area contributed by atoms with Crippen molar-refractivity contribution in [2.45, 2.75) is 25.8 Å². The molecule has 1 aromatic heterocycles. The third-order valence-corrected chi connectivity index (χ3v) is 4.81. The Morgan fingerprint density at radius 1 is 1.00 bits per heavy atom. The molecule has 0 radical (unpaired) electrons. The van der Waals surface area contributed by atoms with Crippen molar-refractivity contribution in [2.75, 3.05) is 13.1 Å². The summed E-state index contributed by atoms with van der Waals surface area (Å²) in [6.07, 6.45) is 3.58. The Labute approximate surface area is 134 Å². The number of aromatic nitrogens is 1. The highest BCUT2D eigenvalue weighted by Gasteiger charge is 2.18. The lowest BCUT2D eigenvalue weighted by Gasteiger charge is -2.26. The number of hydrogen-bond donors (Lipinski definition) is 2. The van der Waals surface area contributed by atoms with Crippen LogP contribution in [0, 0.1) is 0 Å². The molecular weight excluding hydrogens is 288 g/mol. The molecule has 4 rings (SSSR count). The van der Waals surface area contributed by atoms with E-state index in [2.05, 4.69) is 9.88 Å². The van der Waals surface area contributed by atoms with Gasteiger partial charge in [0.25, 0.3) is 5.56 Å². The zero-order valence-electron chi connectivity index (χ0n) is 13.0. The fraction of sp³-hybridized carbons (Fsp3) is 0.316. The van der Waals surface area contributed by atoms with E-state index in [0.717, 1.165) is 42.1 Å². The van der Waals surface area contributed by atoms with Crippen LogP contribution in [-0.2, 0) is 6.54 Å². The summed E-state index contributed by atoms with van der Waals surface area (Å²) in [5, 5.41) is 13.4. The maximum atomic E-state index is 12.5. The van der Waals surface area contributed by atoms with Gasteiger partial charge in [-0.1, -0.05) is 36.8 Å². The van der Waals surface area contributed by atoms with Crippen molar-refractivity contribution in [1.82, 2.24) is 9.88 Å². The number of fused-ring (bicyclic) bond motifs is 3. The molecule has 0 bridgehead atoms. The lowest BCUT2D eigenvalue weighted by molar-refractivity contribution is 0.218. The number of aromatic amines is 1. The molecule has 0 aliphatic carbocycles. The second-order valence-electron chi connectivity index (χ2n) is 6.33. The predicted molar refractivity (Wildman–Crippen MR) is 92.9 cm³/mol. The van der Waals surface area contributed by atoms with Crippen LogP contribution in [0.3, 0.4) is 0 Å². The highest BCUT2D eigenvalue weighted by atomic mass is 16.3. The first kappa shape index (κ1) is 14.3. The highest BCUT2D eigenvalue weighted by Crippen LogP contribution is 2.31. The molecule has 4 nitrogen and oxygen atoms in total. The molecule has 0 atom stereocenters. The van der Waals surface area contributed by atoms with Gasteiger partial charge < -0.3 is 10.1 Å². The van der Waals surface area contributed by atoms with E-state index in [1.807, 2.05) is 36.4 Å². The van der Waals surface area contributed by atoms with Crippen molar-refractivity contribution in [2.24, 2.45) is 0 Å². The Morgan fingerprint density at radius 3 is 2.61 bits per heavy atom. The number of likely N-dealkylation sites (tertiary alicyclic amines) is 1. The number of piperidine rings is 1. The minimum Gasteiger partial charge on any atom is -0.507 e. The van der Waals surface area contributed by atoms with Crippen LogP contribution >= 0.6 is 0 Å². The molecule has 1 aliphatic heterocycles. The van der Waals surface area contributed by atoms with Gasteiger partial charge in [0.2, 0.25) is 0 Å². The summed E-state index contributed by atoms with van der Waals surface area (Å²) in [4.78, 5) is 17.8. The van der Waals surface area contributed by atoms with Crippen LogP contribution in [0.1, 0.15) is 24.8 Å². The van der Waals surface area contributed by atoms with Gasteiger partial charge in [0.1, 0.15) is 5.75 Å². The fourth-order valence-corrected chi connectivity index (χ4v) is 3.55. The summed E-state index contributed by atoms with van der Waals surface area (Å²) in [6.45, 7) is 2.51. The van der Waals surface area contributed by atoms with Crippen LogP contribution in [0.5, 0.6) is 5.75 Å². The molecular formula is C19H20N2O2. The number of benzene rings is 2. The van der Waals surface area contributed by atoms with E-state index in [0.29, 0.717) is 17.6 Å². The Balaban J connectivity index is 1.86. The zero-order valence-corrected chi connectivity index (χ0v) is 13.0. The van der Waals surface area contributed by atoms with Gasteiger partial charge in [0, 0.05) is 17.3 Å². The molecule has 4 heteroatoms. The molecule has 118 valence electrons. The largest absolute Gasteiger partial charge is 0.507 e. The molecule has 23 heavy (non-hydrogen) atoms. The Morgan fingerprint density at radius 2 is 1.78 bits per heavy atom.